The van der Waals surface area contributed by atoms with Crippen LogP contribution in [0.1, 0.15) is 21.5 Å². The quantitative estimate of drug-likeness (QED) is 0.695. The van der Waals surface area contributed by atoms with Crippen molar-refractivity contribution >= 4 is 27.5 Å². The summed E-state index contributed by atoms with van der Waals surface area (Å²) < 4.78 is 0.965. The van der Waals surface area contributed by atoms with Crippen LogP contribution < -0.4 is 0 Å². The molecule has 1 amide bonds. The molecule has 1 aliphatic rings. The second-order valence-corrected chi connectivity index (χ2v) is 4.31. The molecular weight excluding hydrogens is 242 g/mol. The lowest BCUT2D eigenvalue weighted by molar-refractivity contribution is 0.0875. The highest BCUT2D eigenvalue weighted by Crippen LogP contribution is 2.33. The van der Waals surface area contributed by atoms with Gasteiger partial charge in [0.05, 0.1) is 5.56 Å². The van der Waals surface area contributed by atoms with Crippen molar-refractivity contribution in [3.05, 3.63) is 39.9 Å². The van der Waals surface area contributed by atoms with Crippen molar-refractivity contribution < 1.29 is 4.79 Å². The molecule has 0 aliphatic carbocycles. The molecule has 0 radical (unpaired) electrons. The number of fused-ring (bicyclic) bond motifs is 1. The fourth-order valence-corrected chi connectivity index (χ4v) is 1.92. The molecule has 14 heavy (non-hydrogen) atoms. The van der Waals surface area contributed by atoms with Crippen molar-refractivity contribution in [2.75, 3.05) is 7.05 Å². The predicted octanol–water partition coefficient (Wildman–Crippen LogP) is 2.81. The number of rotatable bonds is 0. The second kappa shape index (κ2) is 2.95. The van der Waals surface area contributed by atoms with Crippen LogP contribution in [-0.4, -0.2) is 17.9 Å². The Morgan fingerprint density at radius 1 is 1.36 bits per heavy atom. The molecule has 0 aromatic heterocycles. The Kier molecular flexibility index (Phi) is 2.00. The largest absolute Gasteiger partial charge is 0.311 e. The topological polar surface area (TPSA) is 20.3 Å². The van der Waals surface area contributed by atoms with Crippen LogP contribution in [0.5, 0.6) is 0 Å². The van der Waals surface area contributed by atoms with Gasteiger partial charge >= 0.3 is 0 Å². The molecule has 1 aliphatic heterocycles. The van der Waals surface area contributed by atoms with E-state index in [2.05, 4.69) is 22.5 Å². The monoisotopic (exact) mass is 251 g/mol. The maximum atomic E-state index is 11.7. The first-order valence-electron chi connectivity index (χ1n) is 4.30. The fourth-order valence-electron chi connectivity index (χ4n) is 1.58. The Morgan fingerprint density at radius 3 is 2.64 bits per heavy atom. The molecule has 0 fully saturated rings. The van der Waals surface area contributed by atoms with Gasteiger partial charge in [0.1, 0.15) is 0 Å². The van der Waals surface area contributed by atoms with Crippen molar-refractivity contribution in [1.82, 2.24) is 4.90 Å². The van der Waals surface area contributed by atoms with E-state index in [1.807, 2.05) is 19.1 Å². The number of halogens is 1. The van der Waals surface area contributed by atoms with Gasteiger partial charge in [0.15, 0.2) is 0 Å². The molecule has 0 saturated carbocycles. The molecule has 1 aromatic rings. The Hall–Kier alpha value is -1.09. The molecule has 2 rings (SSSR count). The minimum Gasteiger partial charge on any atom is -0.311 e. The average Bonchev–Trinajstić information content (AvgIpc) is 2.34. The number of hydrogen-bond acceptors (Lipinski definition) is 1. The molecule has 1 aromatic carbocycles. The van der Waals surface area contributed by atoms with Crippen molar-refractivity contribution in [3.63, 3.8) is 0 Å². The molecule has 2 nitrogen and oxygen atoms in total. The lowest BCUT2D eigenvalue weighted by Gasteiger charge is -2.08. The Bertz CT molecular complexity index is 410. The van der Waals surface area contributed by atoms with E-state index in [-0.39, 0.29) is 5.91 Å². The number of aryl methyl sites for hydroxylation is 1. The van der Waals surface area contributed by atoms with Gasteiger partial charge < -0.3 is 4.90 Å². The van der Waals surface area contributed by atoms with Crippen LogP contribution in [0.4, 0.5) is 0 Å². The van der Waals surface area contributed by atoms with Gasteiger partial charge in [0, 0.05) is 22.8 Å². The second-order valence-electron chi connectivity index (χ2n) is 3.46. The lowest BCUT2D eigenvalue weighted by atomic mass is 10.1. The molecule has 0 spiro atoms. The number of carbonyl (C=O) groups excluding carboxylic acids is 1. The fraction of sp³-hybridized carbons (Fsp3) is 0.182. The summed E-state index contributed by atoms with van der Waals surface area (Å²) in [4.78, 5) is 13.3. The van der Waals surface area contributed by atoms with Crippen LogP contribution in [0.25, 0.3) is 5.70 Å². The van der Waals surface area contributed by atoms with Gasteiger partial charge in [-0.2, -0.15) is 0 Å². The summed E-state index contributed by atoms with van der Waals surface area (Å²) in [7, 11) is 1.74. The van der Waals surface area contributed by atoms with Crippen molar-refractivity contribution in [1.29, 1.82) is 0 Å². The van der Waals surface area contributed by atoms with Crippen LogP contribution >= 0.6 is 15.9 Å². The SMILES string of the molecule is C=C1c2cc(C)c(Br)cc2C(=O)N1C. The van der Waals surface area contributed by atoms with E-state index in [9.17, 15) is 4.79 Å². The molecule has 0 unspecified atom stereocenters. The van der Waals surface area contributed by atoms with E-state index < -0.39 is 0 Å². The van der Waals surface area contributed by atoms with Gasteiger partial charge in [-0.15, -0.1) is 0 Å². The molecule has 0 saturated heterocycles. The highest BCUT2D eigenvalue weighted by molar-refractivity contribution is 9.10. The van der Waals surface area contributed by atoms with Crippen molar-refractivity contribution in [3.8, 4) is 0 Å². The average molecular weight is 252 g/mol. The summed E-state index contributed by atoms with van der Waals surface area (Å²) in [5.74, 6) is 0.0192. The predicted molar refractivity (Wildman–Crippen MR) is 60.0 cm³/mol. The first-order chi connectivity index (χ1) is 6.52. The van der Waals surface area contributed by atoms with Gasteiger partial charge in [0.2, 0.25) is 0 Å². The summed E-state index contributed by atoms with van der Waals surface area (Å²) in [6.07, 6.45) is 0. The van der Waals surface area contributed by atoms with Crippen LogP contribution in [0.3, 0.4) is 0 Å². The molecule has 1 heterocycles. The minimum absolute atomic E-state index is 0.0192. The van der Waals surface area contributed by atoms with E-state index in [4.69, 9.17) is 0 Å². The molecule has 0 N–H and O–H groups in total. The summed E-state index contributed by atoms with van der Waals surface area (Å²) in [5, 5.41) is 0. The zero-order chi connectivity index (χ0) is 10.5. The number of carbonyl (C=O) groups is 1. The molecule has 0 atom stereocenters. The maximum absolute atomic E-state index is 11.7. The van der Waals surface area contributed by atoms with Crippen molar-refractivity contribution in [2.45, 2.75) is 6.92 Å². The van der Waals surface area contributed by atoms with Gasteiger partial charge in [-0.1, -0.05) is 22.5 Å². The standard InChI is InChI=1S/C11H10BrNO/c1-6-4-8-7(2)13(3)11(14)9(8)5-10(6)12/h4-5H,2H2,1,3H3. The first kappa shape index (κ1) is 9.46. The summed E-state index contributed by atoms with van der Waals surface area (Å²) in [6, 6.07) is 3.85. The van der Waals surface area contributed by atoms with E-state index in [1.165, 1.54) is 0 Å². The van der Waals surface area contributed by atoms with Crippen LogP contribution in [0, 0.1) is 6.92 Å². The smallest absolute Gasteiger partial charge is 0.258 e. The molecule has 3 heteroatoms. The normalized spacial score (nSPS) is 14.9. The summed E-state index contributed by atoms with van der Waals surface area (Å²) >= 11 is 3.42. The third kappa shape index (κ3) is 1.12. The van der Waals surface area contributed by atoms with E-state index in [0.29, 0.717) is 0 Å². The lowest BCUT2D eigenvalue weighted by Crippen LogP contribution is -2.16. The minimum atomic E-state index is 0.0192. The van der Waals surface area contributed by atoms with Gasteiger partial charge in [-0.25, -0.2) is 0 Å². The Labute approximate surface area is 91.3 Å². The van der Waals surface area contributed by atoms with Crippen LogP contribution in [0.15, 0.2) is 23.2 Å². The number of amides is 1. The number of benzene rings is 1. The summed E-state index contributed by atoms with van der Waals surface area (Å²) in [5.41, 5.74) is 3.57. The van der Waals surface area contributed by atoms with Gasteiger partial charge in [-0.05, 0) is 24.6 Å². The Balaban J connectivity index is 2.71. The highest BCUT2D eigenvalue weighted by atomic mass is 79.9. The van der Waals surface area contributed by atoms with Gasteiger partial charge in [-0.3, -0.25) is 4.79 Å². The molecular formula is C11H10BrNO. The third-order valence-electron chi connectivity index (χ3n) is 2.55. The number of hydrogen-bond donors (Lipinski definition) is 0. The third-order valence-corrected chi connectivity index (χ3v) is 3.40. The first-order valence-corrected chi connectivity index (χ1v) is 5.09. The summed E-state index contributed by atoms with van der Waals surface area (Å²) in [6.45, 7) is 5.89. The number of nitrogens with zero attached hydrogens (tertiary/aromatic N) is 1. The van der Waals surface area contributed by atoms with Crippen LogP contribution in [-0.2, 0) is 0 Å². The Morgan fingerprint density at radius 2 is 2.00 bits per heavy atom. The molecule has 0 bridgehead atoms. The van der Waals surface area contributed by atoms with E-state index in [0.717, 1.165) is 26.9 Å². The zero-order valence-electron chi connectivity index (χ0n) is 8.10. The molecule has 72 valence electrons. The van der Waals surface area contributed by atoms with E-state index >= 15 is 0 Å². The highest BCUT2D eigenvalue weighted by Gasteiger charge is 2.28. The van der Waals surface area contributed by atoms with Crippen LogP contribution in [0.2, 0.25) is 0 Å². The zero-order valence-corrected chi connectivity index (χ0v) is 9.68. The van der Waals surface area contributed by atoms with Crippen molar-refractivity contribution in [2.24, 2.45) is 0 Å². The van der Waals surface area contributed by atoms with Gasteiger partial charge in [0.25, 0.3) is 5.91 Å². The maximum Gasteiger partial charge on any atom is 0.258 e. The van der Waals surface area contributed by atoms with E-state index in [1.54, 1.807) is 11.9 Å².